The van der Waals surface area contributed by atoms with Crippen molar-refractivity contribution in [1.29, 1.82) is 0 Å². The summed E-state index contributed by atoms with van der Waals surface area (Å²) in [5.74, 6) is -1.44. The molecule has 1 aliphatic carbocycles. The van der Waals surface area contributed by atoms with E-state index in [0.717, 1.165) is 29.2 Å². The molecule has 6 rings (SSSR count). The predicted octanol–water partition coefficient (Wildman–Crippen LogP) is 3.84. The fourth-order valence-corrected chi connectivity index (χ4v) is 4.59. The molecule has 3 aromatic heterocycles. The van der Waals surface area contributed by atoms with Gasteiger partial charge in [-0.2, -0.15) is 5.10 Å². The summed E-state index contributed by atoms with van der Waals surface area (Å²) in [4.78, 5) is 17.5. The van der Waals surface area contributed by atoms with Gasteiger partial charge in [0.2, 0.25) is 0 Å². The molecule has 1 saturated carbocycles. The summed E-state index contributed by atoms with van der Waals surface area (Å²) in [6, 6.07) is 5.58. The maximum atomic E-state index is 14.8. The molecule has 1 saturated heterocycles. The summed E-state index contributed by atoms with van der Waals surface area (Å²) in [5.41, 5.74) is 2.05. The minimum atomic E-state index is -0.738. The van der Waals surface area contributed by atoms with E-state index >= 15 is 0 Å². The first kappa shape index (κ1) is 21.0. The number of pyridine rings is 1. The van der Waals surface area contributed by atoms with E-state index < -0.39 is 17.2 Å². The fraction of sp³-hybridized carbons (Fsp3) is 0.375. The molecule has 0 amide bonds. The van der Waals surface area contributed by atoms with Crippen LogP contribution in [0.15, 0.2) is 41.5 Å². The lowest BCUT2D eigenvalue weighted by atomic mass is 9.88. The second-order valence-corrected chi connectivity index (χ2v) is 9.00. The summed E-state index contributed by atoms with van der Waals surface area (Å²) in [7, 11) is 1.49. The molecule has 4 heterocycles. The zero-order valence-electron chi connectivity index (χ0n) is 18.5. The highest BCUT2D eigenvalue weighted by molar-refractivity contribution is 5.91. The largest absolute Gasteiger partial charge is 0.373 e. The molecule has 174 valence electrons. The smallest absolute Gasteiger partial charge is 0.295 e. The number of aryl methyl sites for hydroxylation is 1. The fourth-order valence-electron chi connectivity index (χ4n) is 4.59. The summed E-state index contributed by atoms with van der Waals surface area (Å²) in [6.45, 7) is 0.524. The van der Waals surface area contributed by atoms with Crippen LogP contribution >= 0.6 is 0 Å². The minimum absolute atomic E-state index is 0.0208. The van der Waals surface area contributed by atoms with Crippen LogP contribution in [0.3, 0.4) is 0 Å². The van der Waals surface area contributed by atoms with Gasteiger partial charge in [-0.05, 0) is 43.9 Å². The van der Waals surface area contributed by atoms with E-state index in [9.17, 15) is 13.6 Å². The van der Waals surface area contributed by atoms with Crippen molar-refractivity contribution in [2.45, 2.75) is 43.7 Å². The highest BCUT2D eigenvalue weighted by Crippen LogP contribution is 2.40. The lowest BCUT2D eigenvalue weighted by Gasteiger charge is -2.29. The normalized spacial score (nSPS) is 20.7. The summed E-state index contributed by atoms with van der Waals surface area (Å²) in [5, 5.41) is 12.4. The zero-order valence-corrected chi connectivity index (χ0v) is 18.5. The lowest BCUT2D eigenvalue weighted by molar-refractivity contribution is 0.00464. The van der Waals surface area contributed by atoms with Gasteiger partial charge in [0.1, 0.15) is 17.2 Å². The molecule has 4 aromatic rings. The molecule has 1 aromatic carbocycles. The van der Waals surface area contributed by atoms with E-state index in [1.165, 1.54) is 19.2 Å². The van der Waals surface area contributed by atoms with Gasteiger partial charge in [0, 0.05) is 54.2 Å². The molecule has 0 radical (unpaired) electrons. The highest BCUT2D eigenvalue weighted by atomic mass is 19.1. The Labute approximate surface area is 193 Å². The molecule has 2 atom stereocenters. The number of nitrogens with zero attached hydrogens (tertiary/aromatic N) is 6. The second-order valence-electron chi connectivity index (χ2n) is 9.00. The number of fused-ring (bicyclic) bond motifs is 1. The van der Waals surface area contributed by atoms with Gasteiger partial charge in [-0.3, -0.25) is 9.48 Å². The predicted molar refractivity (Wildman–Crippen MR) is 119 cm³/mol. The topological polar surface area (TPSA) is 87.7 Å². The van der Waals surface area contributed by atoms with Crippen LogP contribution in [0, 0.1) is 11.6 Å². The lowest BCUT2D eigenvalue weighted by Crippen LogP contribution is -2.24. The van der Waals surface area contributed by atoms with E-state index in [0.29, 0.717) is 36.7 Å². The van der Waals surface area contributed by atoms with Gasteiger partial charge in [0.05, 0.1) is 18.3 Å². The summed E-state index contributed by atoms with van der Waals surface area (Å²) >= 11 is 0. The molecule has 0 unspecified atom stereocenters. The van der Waals surface area contributed by atoms with Gasteiger partial charge in [-0.15, -0.1) is 5.10 Å². The average Bonchev–Trinajstić information content (AvgIpc) is 3.57. The van der Waals surface area contributed by atoms with Gasteiger partial charge < -0.3 is 4.74 Å². The SMILES string of the molecule is Cn1nnc2c(-c3ccc(F)cc3F)cc([C@H]3CCO[C@@H](c4cnn(C5CC5)c4)C3)nc2c1=O. The van der Waals surface area contributed by atoms with E-state index in [2.05, 4.69) is 20.4 Å². The number of hydrogen-bond donors (Lipinski definition) is 0. The van der Waals surface area contributed by atoms with Crippen LogP contribution in [0.1, 0.15) is 55.0 Å². The molecule has 34 heavy (non-hydrogen) atoms. The second kappa shape index (κ2) is 8.05. The van der Waals surface area contributed by atoms with Crippen molar-refractivity contribution in [1.82, 2.24) is 29.8 Å². The van der Waals surface area contributed by atoms with Crippen LogP contribution < -0.4 is 5.56 Å². The molecule has 0 N–H and O–H groups in total. The van der Waals surface area contributed by atoms with Crippen molar-refractivity contribution in [3.8, 4) is 11.1 Å². The van der Waals surface area contributed by atoms with Crippen molar-refractivity contribution in [2.75, 3.05) is 6.61 Å². The van der Waals surface area contributed by atoms with Crippen LogP contribution in [-0.2, 0) is 11.8 Å². The first-order valence-corrected chi connectivity index (χ1v) is 11.3. The first-order chi connectivity index (χ1) is 16.5. The van der Waals surface area contributed by atoms with Gasteiger partial charge in [-0.1, -0.05) is 5.21 Å². The third kappa shape index (κ3) is 3.67. The van der Waals surface area contributed by atoms with Crippen molar-refractivity contribution < 1.29 is 13.5 Å². The van der Waals surface area contributed by atoms with Crippen LogP contribution in [0.5, 0.6) is 0 Å². The Hall–Kier alpha value is -3.53. The van der Waals surface area contributed by atoms with Crippen LogP contribution in [0.25, 0.3) is 22.2 Å². The van der Waals surface area contributed by atoms with Gasteiger partial charge >= 0.3 is 0 Å². The summed E-state index contributed by atoms with van der Waals surface area (Å²) in [6.07, 6.45) is 7.41. The molecule has 2 aliphatic rings. The molecule has 0 bridgehead atoms. The number of aromatic nitrogens is 6. The summed E-state index contributed by atoms with van der Waals surface area (Å²) < 4.78 is 37.5. The van der Waals surface area contributed by atoms with Gasteiger partial charge in [-0.25, -0.2) is 18.4 Å². The van der Waals surface area contributed by atoms with Crippen molar-refractivity contribution in [3.63, 3.8) is 0 Å². The van der Waals surface area contributed by atoms with E-state index in [-0.39, 0.29) is 28.6 Å². The first-order valence-electron chi connectivity index (χ1n) is 11.3. The Morgan fingerprint density at radius 2 is 1.94 bits per heavy atom. The maximum absolute atomic E-state index is 14.8. The Bertz CT molecular complexity index is 1460. The van der Waals surface area contributed by atoms with Gasteiger partial charge in [0.25, 0.3) is 5.56 Å². The Morgan fingerprint density at radius 3 is 2.74 bits per heavy atom. The third-order valence-electron chi connectivity index (χ3n) is 6.63. The standard InChI is InChI=1S/C24H22F2N6O2/c1-31-24(33)23-22(29-30-31)18(17-5-2-15(25)9-19(17)26)10-20(28-23)13-6-7-34-21(8-13)14-11-27-32(12-14)16-3-4-16/h2,5,9-13,16,21H,3-4,6-8H2,1H3/t13-,21+/m0/s1. The average molecular weight is 464 g/mol. The molecule has 0 spiro atoms. The van der Waals surface area contributed by atoms with Crippen molar-refractivity contribution >= 4 is 11.0 Å². The molecule has 1 aliphatic heterocycles. The Kier molecular flexibility index (Phi) is 4.98. The number of halogens is 2. The quantitative estimate of drug-likeness (QED) is 0.456. The Morgan fingerprint density at radius 1 is 1.09 bits per heavy atom. The van der Waals surface area contributed by atoms with Gasteiger partial charge in [0.15, 0.2) is 5.52 Å². The van der Waals surface area contributed by atoms with Crippen molar-refractivity contribution in [2.24, 2.45) is 7.05 Å². The Balaban J connectivity index is 1.43. The van der Waals surface area contributed by atoms with E-state index in [1.54, 1.807) is 6.07 Å². The number of hydrogen-bond acceptors (Lipinski definition) is 6. The molecule has 2 fully saturated rings. The molecular formula is C24H22F2N6O2. The number of benzene rings is 1. The van der Waals surface area contributed by atoms with Crippen LogP contribution in [0.2, 0.25) is 0 Å². The highest BCUT2D eigenvalue weighted by Gasteiger charge is 2.30. The van der Waals surface area contributed by atoms with Crippen LogP contribution in [-0.4, -0.2) is 36.4 Å². The van der Waals surface area contributed by atoms with E-state index in [4.69, 9.17) is 4.74 Å². The zero-order chi connectivity index (χ0) is 23.4. The maximum Gasteiger partial charge on any atom is 0.295 e. The third-order valence-corrected chi connectivity index (χ3v) is 6.63. The molecular weight excluding hydrogens is 442 g/mol. The minimum Gasteiger partial charge on any atom is -0.373 e. The molecule has 8 nitrogen and oxygen atoms in total. The molecule has 10 heteroatoms. The number of ether oxygens (including phenoxy) is 1. The monoisotopic (exact) mass is 464 g/mol. The number of rotatable bonds is 4. The van der Waals surface area contributed by atoms with E-state index in [1.807, 2.05) is 17.1 Å². The van der Waals surface area contributed by atoms with Crippen LogP contribution in [0.4, 0.5) is 8.78 Å². The van der Waals surface area contributed by atoms with Crippen molar-refractivity contribution in [3.05, 3.63) is 69.9 Å².